The van der Waals surface area contributed by atoms with E-state index in [1.54, 1.807) is 11.1 Å². The van der Waals surface area contributed by atoms with Crippen LogP contribution in [-0.2, 0) is 11.3 Å². The fraction of sp³-hybridized carbons (Fsp3) is 0.368. The van der Waals surface area contributed by atoms with Gasteiger partial charge in [-0.2, -0.15) is 0 Å². The van der Waals surface area contributed by atoms with Crippen LogP contribution in [0.4, 0.5) is 0 Å². The Balaban J connectivity index is 1.77. The summed E-state index contributed by atoms with van der Waals surface area (Å²) in [6.07, 6.45) is 5.64. The molecule has 1 aromatic heterocycles. The van der Waals surface area contributed by atoms with Crippen molar-refractivity contribution in [1.29, 1.82) is 0 Å². The van der Waals surface area contributed by atoms with Crippen LogP contribution in [0.2, 0.25) is 0 Å². The summed E-state index contributed by atoms with van der Waals surface area (Å²) in [6, 6.07) is 9.95. The molecule has 1 atom stereocenters. The minimum absolute atomic E-state index is 0.00386. The standard InChI is InChI=1S/C19H22N4O2/c1-2-16-14-22(19(25)17-12-20-9-10-21-17)11-8-18(24)23(16)13-15-6-4-3-5-7-15/h3-7,9-10,12,16H,2,8,11,13-14H2,1H3. The molecule has 2 aromatic rings. The van der Waals surface area contributed by atoms with Crippen molar-refractivity contribution in [3.63, 3.8) is 0 Å². The Morgan fingerprint density at radius 1 is 1.24 bits per heavy atom. The second-order valence-corrected chi connectivity index (χ2v) is 6.16. The lowest BCUT2D eigenvalue weighted by Crippen LogP contribution is -2.43. The summed E-state index contributed by atoms with van der Waals surface area (Å²) in [4.78, 5) is 37.0. The SMILES string of the molecule is CCC1CN(C(=O)c2cnccn2)CCC(=O)N1Cc1ccccc1. The van der Waals surface area contributed by atoms with Gasteiger partial charge in [0.1, 0.15) is 5.69 Å². The van der Waals surface area contributed by atoms with Gasteiger partial charge in [0.25, 0.3) is 5.91 Å². The highest BCUT2D eigenvalue weighted by Gasteiger charge is 2.31. The van der Waals surface area contributed by atoms with Gasteiger partial charge in [-0.3, -0.25) is 14.6 Å². The number of carbonyl (C=O) groups is 2. The van der Waals surface area contributed by atoms with Crippen LogP contribution in [0.1, 0.15) is 35.8 Å². The zero-order valence-electron chi connectivity index (χ0n) is 14.3. The van der Waals surface area contributed by atoms with E-state index in [-0.39, 0.29) is 17.9 Å². The highest BCUT2D eigenvalue weighted by atomic mass is 16.2. The van der Waals surface area contributed by atoms with E-state index in [1.165, 1.54) is 12.4 Å². The molecule has 0 spiro atoms. The third-order valence-corrected chi connectivity index (χ3v) is 4.52. The number of carbonyl (C=O) groups excluding carboxylic acids is 2. The third-order valence-electron chi connectivity index (χ3n) is 4.52. The van der Waals surface area contributed by atoms with Crippen LogP contribution < -0.4 is 0 Å². The molecule has 25 heavy (non-hydrogen) atoms. The van der Waals surface area contributed by atoms with Gasteiger partial charge in [-0.05, 0) is 12.0 Å². The molecule has 1 unspecified atom stereocenters. The van der Waals surface area contributed by atoms with Gasteiger partial charge in [0.05, 0.1) is 6.20 Å². The normalized spacial score (nSPS) is 18.1. The molecular formula is C19H22N4O2. The summed E-state index contributed by atoms with van der Waals surface area (Å²) in [5.41, 5.74) is 1.42. The Hall–Kier alpha value is -2.76. The summed E-state index contributed by atoms with van der Waals surface area (Å²) >= 11 is 0. The molecule has 3 rings (SSSR count). The van der Waals surface area contributed by atoms with Crippen molar-refractivity contribution >= 4 is 11.8 Å². The van der Waals surface area contributed by atoms with E-state index in [9.17, 15) is 9.59 Å². The first-order valence-corrected chi connectivity index (χ1v) is 8.57. The zero-order valence-corrected chi connectivity index (χ0v) is 14.3. The monoisotopic (exact) mass is 338 g/mol. The molecule has 1 saturated heterocycles. The van der Waals surface area contributed by atoms with Gasteiger partial charge < -0.3 is 9.80 Å². The second-order valence-electron chi connectivity index (χ2n) is 6.16. The van der Waals surface area contributed by atoms with E-state index >= 15 is 0 Å². The van der Waals surface area contributed by atoms with Gasteiger partial charge in [-0.15, -0.1) is 0 Å². The predicted molar refractivity (Wildman–Crippen MR) is 93.6 cm³/mol. The lowest BCUT2D eigenvalue weighted by molar-refractivity contribution is -0.133. The van der Waals surface area contributed by atoms with Crippen molar-refractivity contribution in [3.8, 4) is 0 Å². The van der Waals surface area contributed by atoms with E-state index in [0.717, 1.165) is 12.0 Å². The average Bonchev–Trinajstić information content (AvgIpc) is 2.82. The maximum atomic E-state index is 12.7. The quantitative estimate of drug-likeness (QED) is 0.856. The summed E-state index contributed by atoms with van der Waals surface area (Å²) in [5, 5.41) is 0. The van der Waals surface area contributed by atoms with Crippen molar-refractivity contribution in [2.75, 3.05) is 13.1 Å². The van der Waals surface area contributed by atoms with Gasteiger partial charge in [-0.1, -0.05) is 37.3 Å². The fourth-order valence-electron chi connectivity index (χ4n) is 3.12. The molecule has 2 amide bonds. The van der Waals surface area contributed by atoms with Crippen molar-refractivity contribution in [1.82, 2.24) is 19.8 Å². The molecule has 6 heteroatoms. The number of rotatable bonds is 4. The number of hydrogen-bond acceptors (Lipinski definition) is 4. The molecular weight excluding hydrogens is 316 g/mol. The minimum Gasteiger partial charge on any atom is -0.335 e. The Kier molecular flexibility index (Phi) is 5.38. The van der Waals surface area contributed by atoms with Crippen molar-refractivity contribution in [3.05, 3.63) is 60.2 Å². The summed E-state index contributed by atoms with van der Waals surface area (Å²) < 4.78 is 0. The maximum absolute atomic E-state index is 12.7. The summed E-state index contributed by atoms with van der Waals surface area (Å²) in [5.74, 6) is -0.0777. The van der Waals surface area contributed by atoms with E-state index in [4.69, 9.17) is 0 Å². The topological polar surface area (TPSA) is 66.4 Å². The van der Waals surface area contributed by atoms with Gasteiger partial charge in [0.2, 0.25) is 5.91 Å². The van der Waals surface area contributed by atoms with E-state index < -0.39 is 0 Å². The molecule has 0 radical (unpaired) electrons. The number of hydrogen-bond donors (Lipinski definition) is 0. The number of benzene rings is 1. The Labute approximate surface area is 147 Å². The molecule has 6 nitrogen and oxygen atoms in total. The van der Waals surface area contributed by atoms with Gasteiger partial charge >= 0.3 is 0 Å². The number of amides is 2. The third kappa shape index (κ3) is 4.02. The maximum Gasteiger partial charge on any atom is 0.274 e. The molecule has 2 heterocycles. The van der Waals surface area contributed by atoms with Crippen LogP contribution >= 0.6 is 0 Å². The molecule has 0 N–H and O–H groups in total. The van der Waals surface area contributed by atoms with Gasteiger partial charge in [0.15, 0.2) is 0 Å². The van der Waals surface area contributed by atoms with Gasteiger partial charge in [-0.25, -0.2) is 4.98 Å². The van der Waals surface area contributed by atoms with Crippen LogP contribution in [0.25, 0.3) is 0 Å². The largest absolute Gasteiger partial charge is 0.335 e. The lowest BCUT2D eigenvalue weighted by Gasteiger charge is -2.31. The molecule has 130 valence electrons. The minimum atomic E-state index is -0.166. The molecule has 0 bridgehead atoms. The Morgan fingerprint density at radius 3 is 2.72 bits per heavy atom. The zero-order chi connectivity index (χ0) is 17.6. The second kappa shape index (κ2) is 7.88. The Morgan fingerprint density at radius 2 is 2.04 bits per heavy atom. The highest BCUT2D eigenvalue weighted by molar-refractivity contribution is 5.92. The first-order chi connectivity index (χ1) is 12.2. The predicted octanol–water partition coefficient (Wildman–Crippen LogP) is 2.13. The highest BCUT2D eigenvalue weighted by Crippen LogP contribution is 2.18. The van der Waals surface area contributed by atoms with Crippen LogP contribution in [0, 0.1) is 0 Å². The van der Waals surface area contributed by atoms with E-state index in [0.29, 0.717) is 31.7 Å². The van der Waals surface area contributed by atoms with Crippen molar-refractivity contribution in [2.24, 2.45) is 0 Å². The summed E-state index contributed by atoms with van der Waals surface area (Å²) in [7, 11) is 0. The van der Waals surface area contributed by atoms with Crippen molar-refractivity contribution < 1.29 is 9.59 Å². The van der Waals surface area contributed by atoms with Crippen LogP contribution in [-0.4, -0.2) is 50.7 Å². The smallest absolute Gasteiger partial charge is 0.274 e. The van der Waals surface area contributed by atoms with E-state index in [1.807, 2.05) is 42.2 Å². The molecule has 0 aliphatic carbocycles. The molecule has 1 aromatic carbocycles. The van der Waals surface area contributed by atoms with E-state index in [2.05, 4.69) is 9.97 Å². The van der Waals surface area contributed by atoms with Gasteiger partial charge in [0, 0.05) is 44.5 Å². The number of nitrogens with zero attached hydrogens (tertiary/aromatic N) is 4. The molecule has 0 saturated carbocycles. The van der Waals surface area contributed by atoms with Crippen molar-refractivity contribution in [2.45, 2.75) is 32.4 Å². The molecule has 1 fully saturated rings. The first-order valence-electron chi connectivity index (χ1n) is 8.57. The molecule has 1 aliphatic heterocycles. The van der Waals surface area contributed by atoms with Crippen LogP contribution in [0.3, 0.4) is 0 Å². The first kappa shape index (κ1) is 17.1. The average molecular weight is 338 g/mol. The lowest BCUT2D eigenvalue weighted by atomic mass is 10.1. The van der Waals surface area contributed by atoms with Crippen LogP contribution in [0.5, 0.6) is 0 Å². The fourth-order valence-corrected chi connectivity index (χ4v) is 3.12. The van der Waals surface area contributed by atoms with Crippen LogP contribution in [0.15, 0.2) is 48.9 Å². The number of aromatic nitrogens is 2. The molecule has 1 aliphatic rings. The summed E-state index contributed by atoms with van der Waals surface area (Å²) in [6.45, 7) is 3.55. The Bertz CT molecular complexity index is 721.